The first-order valence-electron chi connectivity index (χ1n) is 4.83. The van der Waals surface area contributed by atoms with Crippen molar-refractivity contribution in [1.29, 1.82) is 0 Å². The SMILES string of the molecule is O=S(O)C(F)(F)C(F)(F)OC(F)(C(F)(F)F)C(F)(F)OC(F)=C(F)F. The van der Waals surface area contributed by atoms with E-state index in [4.69, 9.17) is 4.55 Å². The molecule has 18 heteroatoms. The molecule has 0 spiro atoms. The smallest absolute Gasteiger partial charge is 0.398 e. The summed E-state index contributed by atoms with van der Waals surface area (Å²) in [5, 5.41) is -6.59. The summed E-state index contributed by atoms with van der Waals surface area (Å²) in [5.41, 5.74) is 0. The van der Waals surface area contributed by atoms with Crippen molar-refractivity contribution in [2.45, 2.75) is 29.5 Å². The molecule has 25 heavy (non-hydrogen) atoms. The van der Waals surface area contributed by atoms with Crippen molar-refractivity contribution >= 4 is 11.1 Å². The van der Waals surface area contributed by atoms with Crippen molar-refractivity contribution in [2.75, 3.05) is 0 Å². The molecule has 2 atom stereocenters. The van der Waals surface area contributed by atoms with E-state index in [0.29, 0.717) is 0 Å². The Labute approximate surface area is 129 Å². The Morgan fingerprint density at radius 2 is 1.20 bits per heavy atom. The molecule has 0 saturated heterocycles. The average Bonchev–Trinajstić information content (AvgIpc) is 2.35. The van der Waals surface area contributed by atoms with Gasteiger partial charge in [0, 0.05) is 0 Å². The number of rotatable bonds is 7. The molecule has 0 fully saturated rings. The summed E-state index contributed by atoms with van der Waals surface area (Å²) >= 11 is -5.08. The van der Waals surface area contributed by atoms with Gasteiger partial charge in [-0.05, 0) is 0 Å². The third kappa shape index (κ3) is 4.46. The first-order chi connectivity index (χ1) is 10.7. The van der Waals surface area contributed by atoms with Gasteiger partial charge >= 0.3 is 41.6 Å². The molecule has 0 saturated carbocycles. The van der Waals surface area contributed by atoms with Crippen molar-refractivity contribution in [3.05, 3.63) is 12.1 Å². The van der Waals surface area contributed by atoms with E-state index < -0.39 is 52.7 Å². The van der Waals surface area contributed by atoms with Crippen LogP contribution in [0.25, 0.3) is 0 Å². The largest absolute Gasteiger partial charge is 0.471 e. The first kappa shape index (κ1) is 23.7. The van der Waals surface area contributed by atoms with Gasteiger partial charge in [-0.1, -0.05) is 0 Å². The molecule has 0 aliphatic carbocycles. The van der Waals surface area contributed by atoms with Crippen LogP contribution in [0.15, 0.2) is 12.1 Å². The Kier molecular flexibility index (Phi) is 6.43. The molecule has 4 nitrogen and oxygen atoms in total. The quantitative estimate of drug-likeness (QED) is 0.374. The van der Waals surface area contributed by atoms with Crippen LogP contribution in [0.2, 0.25) is 0 Å². The van der Waals surface area contributed by atoms with Crippen LogP contribution in [0.3, 0.4) is 0 Å². The minimum atomic E-state index is -7.42. The molecule has 0 aliphatic heterocycles. The molecule has 0 amide bonds. The topological polar surface area (TPSA) is 55.8 Å². The molecule has 1 N–H and O–H groups in total. The van der Waals surface area contributed by atoms with Crippen LogP contribution in [0, 0.1) is 0 Å². The van der Waals surface area contributed by atoms with E-state index in [-0.39, 0.29) is 0 Å². The van der Waals surface area contributed by atoms with Gasteiger partial charge in [0.05, 0.1) is 0 Å². The molecule has 0 bridgehead atoms. The van der Waals surface area contributed by atoms with Gasteiger partial charge in [-0.25, -0.2) is 4.21 Å². The third-order valence-corrected chi connectivity index (χ3v) is 2.61. The van der Waals surface area contributed by atoms with Gasteiger partial charge in [-0.15, -0.1) is 0 Å². The lowest BCUT2D eigenvalue weighted by molar-refractivity contribution is -0.510. The van der Waals surface area contributed by atoms with Crippen LogP contribution < -0.4 is 0 Å². The fraction of sp³-hybridized carbons (Fsp3) is 0.714. The monoisotopic (exact) mass is 428 g/mol. The zero-order valence-electron chi connectivity index (χ0n) is 10.5. The normalized spacial score (nSPS) is 17.7. The van der Waals surface area contributed by atoms with Crippen LogP contribution >= 0.6 is 0 Å². The van der Waals surface area contributed by atoms with Gasteiger partial charge in [0.25, 0.3) is 0 Å². The highest BCUT2D eigenvalue weighted by atomic mass is 32.2. The number of hydrogen-bond donors (Lipinski definition) is 1. The van der Waals surface area contributed by atoms with E-state index in [1.807, 2.05) is 4.74 Å². The molecule has 0 aromatic rings. The van der Waals surface area contributed by atoms with Crippen molar-refractivity contribution in [3.8, 4) is 0 Å². The molecular formula is C7HF13O4S. The van der Waals surface area contributed by atoms with Crippen LogP contribution in [0.5, 0.6) is 0 Å². The van der Waals surface area contributed by atoms with Gasteiger partial charge < -0.3 is 9.29 Å². The standard InChI is InChI=1S/C7HF13O4S/c8-1(9)2(10)23-5(15,16)3(11,4(12,13)14)24-6(17,18)7(19,20)25(21)22/h(H,21,22). The molecular weight excluding hydrogens is 427 g/mol. The number of halogens is 13. The second-order valence-corrected chi connectivity index (χ2v) is 4.64. The molecule has 2 unspecified atom stereocenters. The van der Waals surface area contributed by atoms with Crippen molar-refractivity contribution in [1.82, 2.24) is 0 Å². The Morgan fingerprint density at radius 3 is 1.48 bits per heavy atom. The van der Waals surface area contributed by atoms with Crippen molar-refractivity contribution in [3.63, 3.8) is 0 Å². The van der Waals surface area contributed by atoms with E-state index in [2.05, 4.69) is 0 Å². The lowest BCUT2D eigenvalue weighted by Crippen LogP contribution is -2.63. The molecule has 0 rings (SSSR count). The highest BCUT2D eigenvalue weighted by Gasteiger charge is 2.81. The number of alkyl halides is 10. The maximum atomic E-state index is 13.3. The predicted molar refractivity (Wildman–Crippen MR) is 48.0 cm³/mol. The zero-order valence-corrected chi connectivity index (χ0v) is 11.3. The molecule has 0 heterocycles. The molecule has 0 aliphatic rings. The highest BCUT2D eigenvalue weighted by molar-refractivity contribution is 7.80. The van der Waals surface area contributed by atoms with E-state index >= 15 is 0 Å². The summed E-state index contributed by atoms with van der Waals surface area (Å²) in [6.07, 6.45) is -25.5. The van der Waals surface area contributed by atoms with Crippen LogP contribution in [0.4, 0.5) is 57.1 Å². The predicted octanol–water partition coefficient (Wildman–Crippen LogP) is 4.28. The Balaban J connectivity index is 6.20. The summed E-state index contributed by atoms with van der Waals surface area (Å²) in [5.74, 6) is -7.36. The Bertz CT molecular complexity index is 553. The zero-order chi connectivity index (χ0) is 20.6. The van der Waals surface area contributed by atoms with E-state index in [9.17, 15) is 61.3 Å². The number of hydrogen-bond acceptors (Lipinski definition) is 3. The van der Waals surface area contributed by atoms with Gasteiger partial charge in [-0.2, -0.15) is 57.1 Å². The fourth-order valence-corrected chi connectivity index (χ4v) is 1.08. The summed E-state index contributed by atoms with van der Waals surface area (Å²) in [7, 11) is 0. The minimum absolute atomic E-state index is 1.62. The molecule has 0 aromatic carbocycles. The molecule has 0 aromatic heterocycles. The van der Waals surface area contributed by atoms with E-state index in [1.54, 1.807) is 4.74 Å². The van der Waals surface area contributed by atoms with E-state index in [1.165, 1.54) is 0 Å². The summed E-state index contributed by atoms with van der Waals surface area (Å²) in [6, 6.07) is -3.89. The van der Waals surface area contributed by atoms with Gasteiger partial charge in [-0.3, -0.25) is 4.74 Å². The Morgan fingerprint density at radius 1 is 0.800 bits per heavy atom. The van der Waals surface area contributed by atoms with Crippen molar-refractivity contribution < 1.29 is 75.3 Å². The molecule has 0 radical (unpaired) electrons. The third-order valence-electron chi connectivity index (χ3n) is 1.93. The lowest BCUT2D eigenvalue weighted by Gasteiger charge is -2.36. The summed E-state index contributed by atoms with van der Waals surface area (Å²) in [4.78, 5) is 0. The summed E-state index contributed by atoms with van der Waals surface area (Å²) in [6.45, 7) is 0. The second-order valence-electron chi connectivity index (χ2n) is 3.63. The minimum Gasteiger partial charge on any atom is -0.398 e. The van der Waals surface area contributed by atoms with Gasteiger partial charge in [0.1, 0.15) is 0 Å². The lowest BCUT2D eigenvalue weighted by atomic mass is 10.2. The average molecular weight is 428 g/mol. The van der Waals surface area contributed by atoms with E-state index in [0.717, 1.165) is 0 Å². The highest BCUT2D eigenvalue weighted by Crippen LogP contribution is 2.53. The van der Waals surface area contributed by atoms with Crippen LogP contribution in [0.1, 0.15) is 0 Å². The second kappa shape index (κ2) is 6.78. The fourth-order valence-electron chi connectivity index (χ4n) is 0.837. The maximum absolute atomic E-state index is 13.3. The van der Waals surface area contributed by atoms with Gasteiger partial charge in [0.15, 0.2) is 0 Å². The van der Waals surface area contributed by atoms with Crippen LogP contribution in [-0.4, -0.2) is 38.3 Å². The first-order valence-corrected chi connectivity index (χ1v) is 5.93. The van der Waals surface area contributed by atoms with Crippen LogP contribution in [-0.2, 0) is 20.6 Å². The van der Waals surface area contributed by atoms with Crippen molar-refractivity contribution in [2.24, 2.45) is 0 Å². The molecule has 150 valence electrons. The number of ether oxygens (including phenoxy) is 2. The maximum Gasteiger partial charge on any atom is 0.471 e. The Hall–Kier alpha value is -1.30. The summed E-state index contributed by atoms with van der Waals surface area (Å²) < 4.78 is 183. The van der Waals surface area contributed by atoms with Gasteiger partial charge in [0.2, 0.25) is 11.1 Å².